The number of hydrogen-bond donors (Lipinski definition) is 1. The summed E-state index contributed by atoms with van der Waals surface area (Å²) in [4.78, 5) is 24.3. The molecular formula is C16H21NO4. The average molecular weight is 291 g/mol. The molecule has 0 heterocycles. The SMILES string of the molecule is Cc1ccc(OCCC(=O)N(CC(=O)O)CC2CC2)cc1. The summed E-state index contributed by atoms with van der Waals surface area (Å²) in [7, 11) is 0. The molecule has 0 aromatic heterocycles. The van der Waals surface area contributed by atoms with Crippen molar-refractivity contribution in [1.29, 1.82) is 0 Å². The molecule has 5 nitrogen and oxygen atoms in total. The van der Waals surface area contributed by atoms with Crippen molar-refractivity contribution in [1.82, 2.24) is 4.90 Å². The predicted molar refractivity (Wildman–Crippen MR) is 78.2 cm³/mol. The van der Waals surface area contributed by atoms with Crippen LogP contribution >= 0.6 is 0 Å². The highest BCUT2D eigenvalue weighted by Crippen LogP contribution is 2.29. The number of ether oxygens (including phenoxy) is 1. The van der Waals surface area contributed by atoms with Gasteiger partial charge < -0.3 is 14.7 Å². The minimum atomic E-state index is -0.969. The molecule has 2 rings (SSSR count). The van der Waals surface area contributed by atoms with Gasteiger partial charge in [0, 0.05) is 6.54 Å². The van der Waals surface area contributed by atoms with E-state index in [0.717, 1.165) is 24.2 Å². The fraction of sp³-hybridized carbons (Fsp3) is 0.500. The van der Waals surface area contributed by atoms with Gasteiger partial charge in [-0.2, -0.15) is 0 Å². The highest BCUT2D eigenvalue weighted by molar-refractivity contribution is 5.81. The minimum Gasteiger partial charge on any atom is -0.493 e. The summed E-state index contributed by atoms with van der Waals surface area (Å²) in [6.45, 7) is 2.59. The minimum absolute atomic E-state index is 0.156. The Morgan fingerprint density at radius 2 is 1.95 bits per heavy atom. The number of hydrogen-bond acceptors (Lipinski definition) is 3. The van der Waals surface area contributed by atoms with Gasteiger partial charge >= 0.3 is 5.97 Å². The van der Waals surface area contributed by atoms with Crippen LogP contribution < -0.4 is 4.74 Å². The summed E-state index contributed by atoms with van der Waals surface area (Å²) in [6, 6.07) is 7.61. The lowest BCUT2D eigenvalue weighted by molar-refractivity contribution is -0.144. The van der Waals surface area contributed by atoms with Crippen LogP contribution in [0, 0.1) is 12.8 Å². The molecular weight excluding hydrogens is 270 g/mol. The van der Waals surface area contributed by atoms with Gasteiger partial charge in [-0.3, -0.25) is 9.59 Å². The third-order valence-electron chi connectivity index (χ3n) is 3.46. The van der Waals surface area contributed by atoms with Crippen molar-refractivity contribution in [2.45, 2.75) is 26.2 Å². The third-order valence-corrected chi connectivity index (χ3v) is 3.46. The maximum absolute atomic E-state index is 12.1. The summed E-state index contributed by atoms with van der Waals surface area (Å²) in [5, 5.41) is 8.87. The summed E-state index contributed by atoms with van der Waals surface area (Å²) in [6.07, 6.45) is 2.38. The first kappa shape index (κ1) is 15.4. The molecule has 0 atom stereocenters. The zero-order chi connectivity index (χ0) is 15.2. The van der Waals surface area contributed by atoms with Gasteiger partial charge in [-0.1, -0.05) is 17.7 Å². The second-order valence-electron chi connectivity index (χ2n) is 5.52. The Kier molecular flexibility index (Phi) is 5.20. The lowest BCUT2D eigenvalue weighted by atomic mass is 10.2. The van der Waals surface area contributed by atoms with Gasteiger partial charge in [-0.25, -0.2) is 0 Å². The molecule has 0 spiro atoms. The number of carboxylic acid groups (broad SMARTS) is 1. The Bertz CT molecular complexity index is 494. The van der Waals surface area contributed by atoms with E-state index in [-0.39, 0.29) is 25.5 Å². The fourth-order valence-electron chi connectivity index (χ4n) is 2.08. The van der Waals surface area contributed by atoms with Crippen LogP contribution in [-0.4, -0.2) is 41.6 Å². The molecule has 1 amide bonds. The molecule has 0 unspecified atom stereocenters. The summed E-state index contributed by atoms with van der Waals surface area (Å²) >= 11 is 0. The molecule has 1 aromatic rings. The third kappa shape index (κ3) is 5.45. The van der Waals surface area contributed by atoms with Crippen LogP contribution in [0.3, 0.4) is 0 Å². The van der Waals surface area contributed by atoms with Crippen LogP contribution in [-0.2, 0) is 9.59 Å². The number of carboxylic acids is 1. The number of amides is 1. The number of carbonyl (C=O) groups excluding carboxylic acids is 1. The molecule has 1 aliphatic rings. The molecule has 114 valence electrons. The Labute approximate surface area is 124 Å². The van der Waals surface area contributed by atoms with E-state index in [1.165, 1.54) is 4.90 Å². The Hall–Kier alpha value is -2.04. The number of benzene rings is 1. The molecule has 1 saturated carbocycles. The standard InChI is InChI=1S/C16H21NO4/c1-12-2-6-14(7-3-12)21-9-8-15(18)17(11-16(19)20)10-13-4-5-13/h2-3,6-7,13H,4-5,8-11H2,1H3,(H,19,20). The van der Waals surface area contributed by atoms with E-state index in [0.29, 0.717) is 12.5 Å². The van der Waals surface area contributed by atoms with Crippen LogP contribution in [0.25, 0.3) is 0 Å². The maximum atomic E-state index is 12.1. The quantitative estimate of drug-likeness (QED) is 0.796. The van der Waals surface area contributed by atoms with Gasteiger partial charge in [0.15, 0.2) is 0 Å². The first-order chi connectivity index (χ1) is 10.0. The second-order valence-corrected chi connectivity index (χ2v) is 5.52. The zero-order valence-corrected chi connectivity index (χ0v) is 12.2. The van der Waals surface area contributed by atoms with Crippen LogP contribution in [0.1, 0.15) is 24.8 Å². The zero-order valence-electron chi connectivity index (χ0n) is 12.2. The first-order valence-corrected chi connectivity index (χ1v) is 7.23. The van der Waals surface area contributed by atoms with E-state index in [4.69, 9.17) is 9.84 Å². The van der Waals surface area contributed by atoms with Gasteiger partial charge in [-0.15, -0.1) is 0 Å². The summed E-state index contributed by atoms with van der Waals surface area (Å²) < 4.78 is 5.51. The molecule has 1 N–H and O–H groups in total. The van der Waals surface area contributed by atoms with E-state index >= 15 is 0 Å². The number of nitrogens with zero attached hydrogens (tertiary/aromatic N) is 1. The van der Waals surface area contributed by atoms with Gasteiger partial charge in [0.1, 0.15) is 12.3 Å². The highest BCUT2D eigenvalue weighted by Gasteiger charge is 2.27. The average Bonchev–Trinajstić information content (AvgIpc) is 3.23. The number of rotatable bonds is 8. The molecule has 21 heavy (non-hydrogen) atoms. The van der Waals surface area contributed by atoms with Gasteiger partial charge in [0.2, 0.25) is 5.91 Å². The number of aryl methyl sites for hydroxylation is 1. The normalized spacial score (nSPS) is 13.8. The fourth-order valence-corrected chi connectivity index (χ4v) is 2.08. The number of aliphatic carboxylic acids is 1. The molecule has 0 aliphatic heterocycles. The molecule has 0 bridgehead atoms. The van der Waals surface area contributed by atoms with Crippen LogP contribution in [0.15, 0.2) is 24.3 Å². The van der Waals surface area contributed by atoms with Crippen molar-refractivity contribution in [2.75, 3.05) is 19.7 Å². The van der Waals surface area contributed by atoms with Crippen molar-refractivity contribution in [2.24, 2.45) is 5.92 Å². The Balaban J connectivity index is 1.77. The Morgan fingerprint density at radius 1 is 1.29 bits per heavy atom. The monoisotopic (exact) mass is 291 g/mol. The van der Waals surface area contributed by atoms with Gasteiger partial charge in [-0.05, 0) is 37.8 Å². The molecule has 5 heteroatoms. The van der Waals surface area contributed by atoms with Gasteiger partial charge in [0.05, 0.1) is 13.0 Å². The van der Waals surface area contributed by atoms with Crippen molar-refractivity contribution in [3.63, 3.8) is 0 Å². The molecule has 0 saturated heterocycles. The largest absolute Gasteiger partial charge is 0.493 e. The first-order valence-electron chi connectivity index (χ1n) is 7.23. The lowest BCUT2D eigenvalue weighted by Gasteiger charge is -2.20. The van der Waals surface area contributed by atoms with Crippen LogP contribution in [0.5, 0.6) is 5.75 Å². The van der Waals surface area contributed by atoms with E-state index < -0.39 is 5.97 Å². The Morgan fingerprint density at radius 3 is 2.52 bits per heavy atom. The van der Waals surface area contributed by atoms with E-state index in [1.807, 2.05) is 31.2 Å². The lowest BCUT2D eigenvalue weighted by Crippen LogP contribution is -2.37. The second kappa shape index (κ2) is 7.11. The molecule has 1 aromatic carbocycles. The smallest absolute Gasteiger partial charge is 0.323 e. The van der Waals surface area contributed by atoms with Gasteiger partial charge in [0.25, 0.3) is 0 Å². The molecule has 1 fully saturated rings. The predicted octanol–water partition coefficient (Wildman–Crippen LogP) is 2.09. The number of carbonyl (C=O) groups is 2. The topological polar surface area (TPSA) is 66.8 Å². The van der Waals surface area contributed by atoms with Crippen molar-refractivity contribution in [3.05, 3.63) is 29.8 Å². The van der Waals surface area contributed by atoms with E-state index in [2.05, 4.69) is 0 Å². The van der Waals surface area contributed by atoms with Crippen molar-refractivity contribution in [3.8, 4) is 5.75 Å². The summed E-state index contributed by atoms with van der Waals surface area (Å²) in [5.74, 6) is 0.0755. The van der Waals surface area contributed by atoms with E-state index in [9.17, 15) is 9.59 Å². The summed E-state index contributed by atoms with van der Waals surface area (Å²) in [5.41, 5.74) is 1.15. The van der Waals surface area contributed by atoms with Crippen molar-refractivity contribution < 1.29 is 19.4 Å². The van der Waals surface area contributed by atoms with Crippen LogP contribution in [0.2, 0.25) is 0 Å². The molecule has 1 aliphatic carbocycles. The highest BCUT2D eigenvalue weighted by atomic mass is 16.5. The molecule has 0 radical (unpaired) electrons. The van der Waals surface area contributed by atoms with Crippen molar-refractivity contribution >= 4 is 11.9 Å². The van der Waals surface area contributed by atoms with Crippen LogP contribution in [0.4, 0.5) is 0 Å². The van der Waals surface area contributed by atoms with E-state index in [1.54, 1.807) is 0 Å². The maximum Gasteiger partial charge on any atom is 0.323 e.